The number of benzene rings is 1. The van der Waals surface area contributed by atoms with Gasteiger partial charge in [-0.05, 0) is 25.5 Å². The van der Waals surface area contributed by atoms with Crippen molar-refractivity contribution >= 4 is 0 Å². The Morgan fingerprint density at radius 1 is 1.37 bits per heavy atom. The normalized spacial score (nSPS) is 21.1. The molecule has 0 saturated carbocycles. The fraction of sp³-hybridized carbons (Fsp3) is 0.600. The fourth-order valence-electron chi connectivity index (χ4n) is 2.71. The van der Waals surface area contributed by atoms with E-state index in [1.54, 1.807) is 7.11 Å². The van der Waals surface area contributed by atoms with E-state index in [4.69, 9.17) is 10.5 Å². The first-order chi connectivity index (χ1) is 9.24. The second kappa shape index (κ2) is 6.87. The zero-order chi connectivity index (χ0) is 13.7. The second-order valence-electron chi connectivity index (χ2n) is 5.17. The SMILES string of the molecule is COc1ccc(CN2CCCCCC2CN)c(F)c1. The quantitative estimate of drug-likeness (QED) is 0.910. The Kier molecular flexibility index (Phi) is 5.16. The first kappa shape index (κ1) is 14.3. The Morgan fingerprint density at radius 2 is 2.21 bits per heavy atom. The lowest BCUT2D eigenvalue weighted by Gasteiger charge is -2.29. The van der Waals surface area contributed by atoms with E-state index in [0.29, 0.717) is 24.9 Å². The highest BCUT2D eigenvalue weighted by Crippen LogP contribution is 2.22. The van der Waals surface area contributed by atoms with E-state index < -0.39 is 0 Å². The maximum absolute atomic E-state index is 14.0. The standard InChI is InChI=1S/C15H23FN2O/c1-19-14-7-6-12(15(16)9-14)11-18-8-4-2-3-5-13(18)10-17/h6-7,9,13H,2-5,8,10-11,17H2,1H3. The van der Waals surface area contributed by atoms with Crippen molar-refractivity contribution in [1.82, 2.24) is 4.90 Å². The number of rotatable bonds is 4. The zero-order valence-electron chi connectivity index (χ0n) is 11.6. The van der Waals surface area contributed by atoms with Crippen LogP contribution in [0.1, 0.15) is 31.2 Å². The van der Waals surface area contributed by atoms with Crippen molar-refractivity contribution in [3.05, 3.63) is 29.6 Å². The third-order valence-corrected chi connectivity index (χ3v) is 3.90. The van der Waals surface area contributed by atoms with Gasteiger partial charge in [0, 0.05) is 30.8 Å². The topological polar surface area (TPSA) is 38.5 Å². The summed E-state index contributed by atoms with van der Waals surface area (Å²) < 4.78 is 19.0. The molecule has 1 atom stereocenters. The molecular weight excluding hydrogens is 243 g/mol. The summed E-state index contributed by atoms with van der Waals surface area (Å²) in [6.07, 6.45) is 4.77. The maximum atomic E-state index is 14.0. The van der Waals surface area contributed by atoms with Crippen LogP contribution >= 0.6 is 0 Å². The molecule has 1 heterocycles. The predicted octanol–water partition coefficient (Wildman–Crippen LogP) is 2.54. The van der Waals surface area contributed by atoms with Crippen molar-refractivity contribution in [2.75, 3.05) is 20.2 Å². The summed E-state index contributed by atoms with van der Waals surface area (Å²) in [6, 6.07) is 5.45. The van der Waals surface area contributed by atoms with Gasteiger partial charge in [0.15, 0.2) is 0 Å². The highest BCUT2D eigenvalue weighted by molar-refractivity contribution is 5.28. The van der Waals surface area contributed by atoms with Crippen LogP contribution in [0, 0.1) is 5.82 Å². The van der Waals surface area contributed by atoms with Gasteiger partial charge in [-0.1, -0.05) is 18.9 Å². The molecule has 0 aliphatic carbocycles. The van der Waals surface area contributed by atoms with Gasteiger partial charge < -0.3 is 10.5 Å². The van der Waals surface area contributed by atoms with Crippen molar-refractivity contribution in [3.8, 4) is 5.75 Å². The molecule has 0 radical (unpaired) electrons. The van der Waals surface area contributed by atoms with Crippen LogP contribution < -0.4 is 10.5 Å². The van der Waals surface area contributed by atoms with E-state index in [9.17, 15) is 4.39 Å². The van der Waals surface area contributed by atoms with Gasteiger partial charge in [-0.2, -0.15) is 0 Å². The minimum atomic E-state index is -0.195. The third kappa shape index (κ3) is 3.67. The molecular formula is C15H23FN2O. The van der Waals surface area contributed by atoms with E-state index in [0.717, 1.165) is 18.5 Å². The molecule has 1 aliphatic rings. The molecule has 2 rings (SSSR count). The van der Waals surface area contributed by atoms with E-state index in [1.165, 1.54) is 25.3 Å². The Balaban J connectivity index is 2.09. The molecule has 1 aliphatic heterocycles. The third-order valence-electron chi connectivity index (χ3n) is 3.90. The summed E-state index contributed by atoms with van der Waals surface area (Å²) in [7, 11) is 1.55. The molecule has 19 heavy (non-hydrogen) atoms. The van der Waals surface area contributed by atoms with E-state index >= 15 is 0 Å². The molecule has 0 bridgehead atoms. The Hall–Kier alpha value is -1.13. The number of ether oxygens (including phenoxy) is 1. The molecule has 1 fully saturated rings. The average Bonchev–Trinajstić information content (AvgIpc) is 2.66. The van der Waals surface area contributed by atoms with Gasteiger partial charge in [0.05, 0.1) is 7.11 Å². The van der Waals surface area contributed by atoms with Gasteiger partial charge in [-0.15, -0.1) is 0 Å². The van der Waals surface area contributed by atoms with Crippen LogP contribution in [-0.4, -0.2) is 31.1 Å². The molecule has 106 valence electrons. The lowest BCUT2D eigenvalue weighted by Crippen LogP contribution is -2.39. The number of hydrogen-bond donors (Lipinski definition) is 1. The smallest absolute Gasteiger partial charge is 0.131 e. The number of likely N-dealkylation sites (tertiary alicyclic amines) is 1. The Bertz CT molecular complexity index is 411. The molecule has 1 aromatic carbocycles. The number of methoxy groups -OCH3 is 1. The van der Waals surface area contributed by atoms with Crippen LogP contribution in [0.3, 0.4) is 0 Å². The van der Waals surface area contributed by atoms with Crippen LogP contribution in [0.25, 0.3) is 0 Å². The first-order valence-corrected chi connectivity index (χ1v) is 7.01. The molecule has 4 heteroatoms. The van der Waals surface area contributed by atoms with E-state index in [-0.39, 0.29) is 5.82 Å². The molecule has 1 aromatic rings. The molecule has 2 N–H and O–H groups in total. The number of nitrogens with zero attached hydrogens (tertiary/aromatic N) is 1. The second-order valence-corrected chi connectivity index (χ2v) is 5.17. The monoisotopic (exact) mass is 266 g/mol. The van der Waals surface area contributed by atoms with Crippen LogP contribution in [0.2, 0.25) is 0 Å². The Labute approximate surface area is 114 Å². The summed E-state index contributed by atoms with van der Waals surface area (Å²) in [5, 5.41) is 0. The van der Waals surface area contributed by atoms with Crippen LogP contribution in [-0.2, 0) is 6.54 Å². The van der Waals surface area contributed by atoms with Crippen molar-refractivity contribution in [3.63, 3.8) is 0 Å². The van der Waals surface area contributed by atoms with E-state index in [1.807, 2.05) is 12.1 Å². The predicted molar refractivity (Wildman–Crippen MR) is 74.7 cm³/mol. The fourth-order valence-corrected chi connectivity index (χ4v) is 2.71. The maximum Gasteiger partial charge on any atom is 0.131 e. The molecule has 1 saturated heterocycles. The molecule has 0 spiro atoms. The van der Waals surface area contributed by atoms with Gasteiger partial charge in [0.1, 0.15) is 11.6 Å². The van der Waals surface area contributed by atoms with Crippen LogP contribution in [0.4, 0.5) is 4.39 Å². The van der Waals surface area contributed by atoms with Gasteiger partial charge in [0.25, 0.3) is 0 Å². The van der Waals surface area contributed by atoms with Crippen molar-refractivity contribution < 1.29 is 9.13 Å². The van der Waals surface area contributed by atoms with Crippen LogP contribution in [0.5, 0.6) is 5.75 Å². The highest BCUT2D eigenvalue weighted by Gasteiger charge is 2.20. The summed E-state index contributed by atoms with van der Waals surface area (Å²) in [5.41, 5.74) is 6.57. The minimum absolute atomic E-state index is 0.195. The van der Waals surface area contributed by atoms with Crippen molar-refractivity contribution in [1.29, 1.82) is 0 Å². The van der Waals surface area contributed by atoms with Crippen LogP contribution in [0.15, 0.2) is 18.2 Å². The number of halogens is 1. The largest absolute Gasteiger partial charge is 0.497 e. The highest BCUT2D eigenvalue weighted by atomic mass is 19.1. The number of nitrogens with two attached hydrogens (primary N) is 1. The summed E-state index contributed by atoms with van der Waals surface area (Å²) in [5.74, 6) is 0.367. The molecule has 0 amide bonds. The van der Waals surface area contributed by atoms with Gasteiger partial charge in [-0.25, -0.2) is 4.39 Å². The van der Waals surface area contributed by atoms with Gasteiger partial charge in [0.2, 0.25) is 0 Å². The molecule has 3 nitrogen and oxygen atoms in total. The zero-order valence-corrected chi connectivity index (χ0v) is 11.6. The van der Waals surface area contributed by atoms with Gasteiger partial charge in [-0.3, -0.25) is 4.90 Å². The van der Waals surface area contributed by atoms with Crippen molar-refractivity contribution in [2.24, 2.45) is 5.73 Å². The Morgan fingerprint density at radius 3 is 2.89 bits per heavy atom. The lowest BCUT2D eigenvalue weighted by molar-refractivity contribution is 0.193. The van der Waals surface area contributed by atoms with Gasteiger partial charge >= 0.3 is 0 Å². The summed E-state index contributed by atoms with van der Waals surface area (Å²) in [6.45, 7) is 2.29. The lowest BCUT2D eigenvalue weighted by atomic mass is 10.1. The number of hydrogen-bond acceptors (Lipinski definition) is 3. The van der Waals surface area contributed by atoms with E-state index in [2.05, 4.69) is 4.90 Å². The summed E-state index contributed by atoms with van der Waals surface area (Å²) in [4.78, 5) is 2.32. The molecule has 0 aromatic heterocycles. The average molecular weight is 266 g/mol. The van der Waals surface area contributed by atoms with Crippen molar-refractivity contribution in [2.45, 2.75) is 38.3 Å². The first-order valence-electron chi connectivity index (χ1n) is 7.01. The minimum Gasteiger partial charge on any atom is -0.497 e. The summed E-state index contributed by atoms with van der Waals surface area (Å²) >= 11 is 0. The molecule has 1 unspecified atom stereocenters.